The Labute approximate surface area is 149 Å². The van der Waals surface area contributed by atoms with Crippen LogP contribution in [0.25, 0.3) is 0 Å². The van der Waals surface area contributed by atoms with Gasteiger partial charge in [0.2, 0.25) is 0 Å². The van der Waals surface area contributed by atoms with Crippen molar-refractivity contribution in [2.75, 3.05) is 6.61 Å². The molecule has 0 amide bonds. The van der Waals surface area contributed by atoms with Crippen molar-refractivity contribution in [3.8, 4) is 0 Å². The number of rotatable bonds is 14. The Hall–Kier alpha value is -1.02. The van der Waals surface area contributed by atoms with E-state index in [4.69, 9.17) is 0 Å². The first-order chi connectivity index (χ1) is 12.0. The summed E-state index contributed by atoms with van der Waals surface area (Å²) in [6.07, 6.45) is 3.87. The summed E-state index contributed by atoms with van der Waals surface area (Å²) in [6, 6.07) is 0. The monoisotopic (exact) mass is 396 g/mol. The van der Waals surface area contributed by atoms with Crippen molar-refractivity contribution >= 4 is 5.97 Å². The number of ether oxygens (including phenoxy) is 1. The summed E-state index contributed by atoms with van der Waals surface area (Å²) >= 11 is 0. The molecule has 0 aromatic heterocycles. The number of hydrogen-bond donors (Lipinski definition) is 0. The minimum atomic E-state index is -6.54. The number of unbranched alkanes of at least 4 members (excludes halogenated alkanes) is 10. The third-order valence-corrected chi connectivity index (χ3v) is 3.99. The molecule has 0 N–H and O–H groups in total. The number of alkyl halides is 7. The van der Waals surface area contributed by atoms with Crippen LogP contribution >= 0.6 is 0 Å². The van der Waals surface area contributed by atoms with E-state index in [2.05, 4.69) is 11.7 Å². The van der Waals surface area contributed by atoms with E-state index >= 15 is 0 Å². The highest BCUT2D eigenvalue weighted by atomic mass is 19.4. The highest BCUT2D eigenvalue weighted by molar-refractivity contribution is 5.79. The zero-order valence-corrected chi connectivity index (χ0v) is 14.9. The van der Waals surface area contributed by atoms with Gasteiger partial charge in [0.25, 0.3) is 0 Å². The molecule has 0 aromatic rings. The van der Waals surface area contributed by atoms with Gasteiger partial charge in [0.05, 0.1) is 6.61 Å². The normalized spacial score (nSPS) is 13.1. The van der Waals surface area contributed by atoms with E-state index in [1.165, 1.54) is 25.7 Å². The largest absolute Gasteiger partial charge is 0.461 e. The maximum absolute atomic E-state index is 13.0. The minimum absolute atomic E-state index is 0.135. The fourth-order valence-electron chi connectivity index (χ4n) is 2.33. The molecule has 2 nitrogen and oxygen atoms in total. The lowest BCUT2D eigenvalue weighted by Gasteiger charge is -2.26. The average molecular weight is 396 g/mol. The third kappa shape index (κ3) is 8.12. The van der Waals surface area contributed by atoms with E-state index in [1.54, 1.807) is 0 Å². The topological polar surface area (TPSA) is 26.3 Å². The Balaban J connectivity index is 3.83. The molecule has 0 bridgehead atoms. The summed E-state index contributed by atoms with van der Waals surface area (Å²) in [5, 5.41) is 0. The zero-order chi connectivity index (χ0) is 20.3. The van der Waals surface area contributed by atoms with Crippen LogP contribution in [0.2, 0.25) is 0 Å². The first kappa shape index (κ1) is 25.0. The molecular formula is C17H27F7O2. The highest BCUT2D eigenvalue weighted by Crippen LogP contribution is 2.46. The fourth-order valence-corrected chi connectivity index (χ4v) is 2.33. The van der Waals surface area contributed by atoms with Crippen molar-refractivity contribution in [2.24, 2.45) is 0 Å². The number of hydrogen-bond acceptors (Lipinski definition) is 2. The summed E-state index contributed by atoms with van der Waals surface area (Å²) in [5.41, 5.74) is 0. The van der Waals surface area contributed by atoms with E-state index in [9.17, 15) is 35.5 Å². The van der Waals surface area contributed by atoms with Crippen LogP contribution in [0.1, 0.15) is 77.6 Å². The number of carbonyl (C=O) groups excluding carboxylic acids is 1. The second-order valence-electron chi connectivity index (χ2n) is 6.32. The molecule has 0 saturated carbocycles. The Kier molecular flexibility index (Phi) is 11.2. The maximum Gasteiger partial charge on any atom is 0.460 e. The molecule has 0 unspecified atom stereocenters. The standard InChI is InChI=1S/C17H27F7O2/c1-2-3-4-5-6-7-8-9-10-11-12-13-26-14(25)15(18,19)16(20,21)17(22,23)24/h2-13H2,1H3. The molecule has 0 fully saturated rings. The van der Waals surface area contributed by atoms with Gasteiger partial charge in [-0.1, -0.05) is 71.1 Å². The van der Waals surface area contributed by atoms with Gasteiger partial charge in [-0.15, -0.1) is 0 Å². The van der Waals surface area contributed by atoms with Gasteiger partial charge in [-0.2, -0.15) is 30.7 Å². The van der Waals surface area contributed by atoms with Crippen molar-refractivity contribution < 1.29 is 40.3 Å². The maximum atomic E-state index is 13.0. The van der Waals surface area contributed by atoms with Crippen LogP contribution in [0.15, 0.2) is 0 Å². The zero-order valence-electron chi connectivity index (χ0n) is 14.9. The molecule has 0 saturated heterocycles. The predicted octanol–water partition coefficient (Wildman–Crippen LogP) is 6.67. The molecule has 0 rings (SSSR count). The van der Waals surface area contributed by atoms with Gasteiger partial charge in [-0.05, 0) is 6.42 Å². The van der Waals surface area contributed by atoms with Crippen molar-refractivity contribution in [2.45, 2.75) is 95.6 Å². The Morgan fingerprint density at radius 2 is 1.08 bits per heavy atom. The summed E-state index contributed by atoms with van der Waals surface area (Å²) in [5.74, 6) is -15.3. The molecule has 0 aliphatic heterocycles. The molecule has 0 radical (unpaired) electrons. The van der Waals surface area contributed by atoms with Crippen LogP contribution in [-0.4, -0.2) is 30.6 Å². The van der Waals surface area contributed by atoms with Crippen molar-refractivity contribution in [1.29, 1.82) is 0 Å². The van der Waals surface area contributed by atoms with Crippen LogP contribution in [-0.2, 0) is 9.53 Å². The molecule has 156 valence electrons. The molecule has 0 aliphatic rings. The fraction of sp³-hybridized carbons (Fsp3) is 0.941. The third-order valence-electron chi connectivity index (χ3n) is 3.99. The number of esters is 1. The van der Waals surface area contributed by atoms with Gasteiger partial charge in [0.1, 0.15) is 0 Å². The van der Waals surface area contributed by atoms with Gasteiger partial charge in [-0.3, -0.25) is 0 Å². The second kappa shape index (κ2) is 11.6. The number of halogens is 7. The van der Waals surface area contributed by atoms with Crippen molar-refractivity contribution in [3.05, 3.63) is 0 Å². The van der Waals surface area contributed by atoms with Gasteiger partial charge in [0.15, 0.2) is 0 Å². The van der Waals surface area contributed by atoms with E-state index in [0.29, 0.717) is 6.42 Å². The lowest BCUT2D eigenvalue weighted by molar-refractivity contribution is -0.348. The molecule has 26 heavy (non-hydrogen) atoms. The van der Waals surface area contributed by atoms with Crippen LogP contribution in [0.5, 0.6) is 0 Å². The first-order valence-corrected chi connectivity index (χ1v) is 8.98. The molecule has 0 aromatic carbocycles. The summed E-state index contributed by atoms with van der Waals surface area (Å²) < 4.78 is 90.9. The van der Waals surface area contributed by atoms with Crippen LogP contribution in [0, 0.1) is 0 Å². The van der Waals surface area contributed by atoms with Gasteiger partial charge in [-0.25, -0.2) is 4.79 Å². The Bertz CT molecular complexity index is 395. The van der Waals surface area contributed by atoms with Crippen LogP contribution < -0.4 is 0 Å². The van der Waals surface area contributed by atoms with E-state index in [0.717, 1.165) is 32.1 Å². The van der Waals surface area contributed by atoms with Gasteiger partial charge in [0, 0.05) is 0 Å². The smallest absolute Gasteiger partial charge is 0.460 e. The molecule has 0 atom stereocenters. The minimum Gasteiger partial charge on any atom is -0.461 e. The predicted molar refractivity (Wildman–Crippen MR) is 83.4 cm³/mol. The summed E-state index contributed by atoms with van der Waals surface area (Å²) in [7, 11) is 0. The number of carbonyl (C=O) groups is 1. The van der Waals surface area contributed by atoms with Crippen LogP contribution in [0.4, 0.5) is 30.7 Å². The molecule has 9 heteroatoms. The van der Waals surface area contributed by atoms with Crippen molar-refractivity contribution in [3.63, 3.8) is 0 Å². The van der Waals surface area contributed by atoms with Crippen molar-refractivity contribution in [1.82, 2.24) is 0 Å². The summed E-state index contributed by atoms with van der Waals surface area (Å²) in [4.78, 5) is 10.9. The highest BCUT2D eigenvalue weighted by Gasteiger charge is 2.77. The average Bonchev–Trinajstić information content (AvgIpc) is 2.54. The Morgan fingerprint density at radius 3 is 1.46 bits per heavy atom. The lowest BCUT2D eigenvalue weighted by atomic mass is 10.1. The van der Waals surface area contributed by atoms with Gasteiger partial charge >= 0.3 is 24.0 Å². The summed E-state index contributed by atoms with van der Waals surface area (Å²) in [6.45, 7) is 1.53. The van der Waals surface area contributed by atoms with Crippen LogP contribution in [0.3, 0.4) is 0 Å². The van der Waals surface area contributed by atoms with E-state index in [-0.39, 0.29) is 6.42 Å². The molecule has 0 spiro atoms. The van der Waals surface area contributed by atoms with Gasteiger partial charge < -0.3 is 4.74 Å². The molecule has 0 heterocycles. The SMILES string of the molecule is CCCCCCCCCCCCCOC(=O)C(F)(F)C(F)(F)C(F)(F)F. The molecule has 0 aliphatic carbocycles. The Morgan fingerprint density at radius 1 is 0.692 bits per heavy atom. The van der Waals surface area contributed by atoms with E-state index < -0.39 is 30.6 Å². The quantitative estimate of drug-likeness (QED) is 0.186. The first-order valence-electron chi connectivity index (χ1n) is 8.98. The second-order valence-corrected chi connectivity index (χ2v) is 6.32. The van der Waals surface area contributed by atoms with E-state index in [1.807, 2.05) is 0 Å². The lowest BCUT2D eigenvalue weighted by Crippen LogP contribution is -2.56. The molecular weight excluding hydrogens is 369 g/mol.